The van der Waals surface area contributed by atoms with Crippen LogP contribution in [0.3, 0.4) is 0 Å². The normalized spacial score (nSPS) is 18.2. The second kappa shape index (κ2) is 15.7. The SMILES string of the molecule is CC(C)C[C@H](NC(=O)[C@@H]1CCCN1C(=O)[C@H](C)NC(=O)[C@@H](N)CO)C(=O)N[C@@H](CCCN=C(N)N)C(=O)O. The Morgan fingerprint density at radius 2 is 1.68 bits per heavy atom. The van der Waals surface area contributed by atoms with E-state index in [2.05, 4.69) is 20.9 Å². The number of amides is 4. The third-order valence-corrected chi connectivity index (χ3v) is 6.00. The van der Waals surface area contributed by atoms with E-state index in [1.807, 2.05) is 13.8 Å². The van der Waals surface area contributed by atoms with Gasteiger partial charge >= 0.3 is 5.97 Å². The highest BCUT2D eigenvalue weighted by atomic mass is 16.4. The molecule has 1 fully saturated rings. The van der Waals surface area contributed by atoms with Crippen LogP contribution >= 0.6 is 0 Å². The van der Waals surface area contributed by atoms with E-state index in [4.69, 9.17) is 22.3 Å². The average Bonchev–Trinajstić information content (AvgIpc) is 3.33. The quantitative estimate of drug-likeness (QED) is 0.0589. The first-order valence-electron chi connectivity index (χ1n) is 12.6. The highest BCUT2D eigenvalue weighted by Crippen LogP contribution is 2.19. The van der Waals surface area contributed by atoms with E-state index in [-0.39, 0.29) is 37.8 Å². The minimum atomic E-state index is -1.23. The molecule has 38 heavy (non-hydrogen) atoms. The molecule has 0 aromatic rings. The molecule has 0 spiro atoms. The van der Waals surface area contributed by atoms with Gasteiger partial charge in [0, 0.05) is 13.1 Å². The lowest BCUT2D eigenvalue weighted by atomic mass is 10.0. The number of nitrogens with one attached hydrogen (secondary N) is 3. The summed E-state index contributed by atoms with van der Waals surface area (Å²) in [4.78, 5) is 67.9. The number of nitrogens with zero attached hydrogens (tertiary/aromatic N) is 2. The van der Waals surface area contributed by atoms with Crippen molar-refractivity contribution in [2.45, 2.75) is 83.1 Å². The first kappa shape index (κ1) is 32.6. The van der Waals surface area contributed by atoms with Gasteiger partial charge in [0.2, 0.25) is 23.6 Å². The van der Waals surface area contributed by atoms with Gasteiger partial charge in [0.15, 0.2) is 5.96 Å². The third-order valence-electron chi connectivity index (χ3n) is 6.00. The average molecular weight is 543 g/mol. The molecule has 0 bridgehead atoms. The molecule has 1 heterocycles. The van der Waals surface area contributed by atoms with Crippen LogP contribution in [-0.4, -0.2) is 101 Å². The van der Waals surface area contributed by atoms with Crippen molar-refractivity contribution in [3.63, 3.8) is 0 Å². The number of nitrogens with two attached hydrogens (primary N) is 3. The van der Waals surface area contributed by atoms with E-state index < -0.39 is 66.4 Å². The van der Waals surface area contributed by atoms with Gasteiger partial charge in [-0.2, -0.15) is 0 Å². The smallest absolute Gasteiger partial charge is 0.326 e. The number of hydrogen-bond donors (Lipinski definition) is 8. The van der Waals surface area contributed by atoms with Crippen LogP contribution in [0.15, 0.2) is 4.99 Å². The maximum atomic E-state index is 13.2. The Morgan fingerprint density at radius 3 is 2.24 bits per heavy atom. The number of guanidine groups is 1. The molecule has 216 valence electrons. The maximum absolute atomic E-state index is 13.2. The molecule has 0 aliphatic carbocycles. The van der Waals surface area contributed by atoms with Crippen molar-refractivity contribution in [1.29, 1.82) is 0 Å². The second-order valence-electron chi connectivity index (χ2n) is 9.75. The minimum absolute atomic E-state index is 0.0107. The molecule has 1 saturated heterocycles. The predicted octanol–water partition coefficient (Wildman–Crippen LogP) is -3.04. The Labute approximate surface area is 221 Å². The summed E-state index contributed by atoms with van der Waals surface area (Å²) in [7, 11) is 0. The number of hydrogen-bond acceptors (Lipinski definition) is 8. The number of carbonyl (C=O) groups excluding carboxylic acids is 4. The third kappa shape index (κ3) is 10.5. The number of aliphatic hydroxyl groups excluding tert-OH is 1. The van der Waals surface area contributed by atoms with Gasteiger partial charge in [-0.05, 0) is 44.9 Å². The van der Waals surface area contributed by atoms with Gasteiger partial charge < -0.3 is 48.3 Å². The van der Waals surface area contributed by atoms with Crippen LogP contribution in [0, 0.1) is 5.92 Å². The first-order valence-corrected chi connectivity index (χ1v) is 12.6. The summed E-state index contributed by atoms with van der Waals surface area (Å²) in [6.45, 7) is 5.05. The fourth-order valence-corrected chi connectivity index (χ4v) is 4.02. The number of likely N-dealkylation sites (tertiary alicyclic amines) is 1. The lowest BCUT2D eigenvalue weighted by molar-refractivity contribution is -0.143. The fraction of sp³-hybridized carbons (Fsp3) is 0.739. The Bertz CT molecular complexity index is 878. The zero-order valence-electron chi connectivity index (χ0n) is 22.2. The van der Waals surface area contributed by atoms with Crippen LogP contribution < -0.4 is 33.2 Å². The van der Waals surface area contributed by atoms with Gasteiger partial charge in [0.25, 0.3) is 0 Å². The molecule has 4 amide bonds. The van der Waals surface area contributed by atoms with Gasteiger partial charge in [-0.25, -0.2) is 4.79 Å². The van der Waals surface area contributed by atoms with E-state index >= 15 is 0 Å². The van der Waals surface area contributed by atoms with Gasteiger partial charge in [-0.3, -0.25) is 24.2 Å². The van der Waals surface area contributed by atoms with Crippen LogP contribution in [-0.2, 0) is 24.0 Å². The van der Waals surface area contributed by atoms with Crippen molar-refractivity contribution in [3.8, 4) is 0 Å². The summed E-state index contributed by atoms with van der Waals surface area (Å²) in [5.74, 6) is -3.78. The van der Waals surface area contributed by atoms with E-state index in [9.17, 15) is 29.1 Å². The number of aliphatic imine (C=N–C) groups is 1. The van der Waals surface area contributed by atoms with Crippen molar-refractivity contribution in [2.75, 3.05) is 19.7 Å². The molecule has 0 aromatic heterocycles. The Kier molecular flexibility index (Phi) is 13.5. The zero-order valence-corrected chi connectivity index (χ0v) is 22.2. The largest absolute Gasteiger partial charge is 0.480 e. The van der Waals surface area contributed by atoms with E-state index in [0.717, 1.165) is 0 Å². The molecule has 1 aliphatic rings. The van der Waals surface area contributed by atoms with Crippen molar-refractivity contribution >= 4 is 35.6 Å². The number of carbonyl (C=O) groups is 5. The van der Waals surface area contributed by atoms with Crippen LogP contribution in [0.2, 0.25) is 0 Å². The summed E-state index contributed by atoms with van der Waals surface area (Å²) in [6.07, 6.45) is 1.53. The molecule has 15 heteroatoms. The number of aliphatic carboxylic acids is 1. The summed E-state index contributed by atoms with van der Waals surface area (Å²) in [5.41, 5.74) is 16.0. The molecule has 0 unspecified atom stereocenters. The lowest BCUT2D eigenvalue weighted by Gasteiger charge is -2.29. The van der Waals surface area contributed by atoms with Gasteiger partial charge in [-0.15, -0.1) is 0 Å². The minimum Gasteiger partial charge on any atom is -0.480 e. The van der Waals surface area contributed by atoms with Crippen LogP contribution in [0.4, 0.5) is 0 Å². The molecular formula is C23H42N8O7. The molecule has 11 N–H and O–H groups in total. The van der Waals surface area contributed by atoms with Crippen LogP contribution in [0.25, 0.3) is 0 Å². The Hall–Kier alpha value is -3.46. The van der Waals surface area contributed by atoms with E-state index in [1.165, 1.54) is 11.8 Å². The highest BCUT2D eigenvalue weighted by Gasteiger charge is 2.38. The molecule has 1 rings (SSSR count). The van der Waals surface area contributed by atoms with Crippen molar-refractivity contribution in [1.82, 2.24) is 20.9 Å². The Balaban J connectivity index is 2.89. The molecule has 1 aliphatic heterocycles. The van der Waals surface area contributed by atoms with Gasteiger partial charge in [0.1, 0.15) is 30.2 Å². The predicted molar refractivity (Wildman–Crippen MR) is 138 cm³/mol. The highest BCUT2D eigenvalue weighted by molar-refractivity contribution is 5.95. The number of aliphatic hydroxyl groups is 1. The zero-order chi connectivity index (χ0) is 29.0. The lowest BCUT2D eigenvalue weighted by Crippen LogP contribution is -2.58. The standard InChI is InChI=1S/C23H42N8O7/c1-12(2)10-16(19(34)29-15(22(37)38)6-4-8-27-23(25)26)30-20(35)17-7-5-9-31(17)21(36)13(3)28-18(33)14(24)11-32/h12-17,32H,4-11,24H2,1-3H3,(H,28,33)(H,29,34)(H,30,35)(H,37,38)(H4,25,26,27)/t13-,14-,15-,16-,17-/m0/s1. The number of carboxylic acid groups (broad SMARTS) is 1. The molecule has 0 aromatic carbocycles. The number of rotatable bonds is 15. The molecule has 0 radical (unpaired) electrons. The van der Waals surface area contributed by atoms with E-state index in [0.29, 0.717) is 19.3 Å². The van der Waals surface area contributed by atoms with Crippen LogP contribution in [0.1, 0.15) is 52.9 Å². The number of carboxylic acids is 1. The first-order chi connectivity index (χ1) is 17.8. The molecular weight excluding hydrogens is 500 g/mol. The van der Waals surface area contributed by atoms with Crippen molar-refractivity contribution < 1.29 is 34.2 Å². The topological polar surface area (TPSA) is 256 Å². The molecule has 15 nitrogen and oxygen atoms in total. The molecule has 0 saturated carbocycles. The Morgan fingerprint density at radius 1 is 1.03 bits per heavy atom. The van der Waals surface area contributed by atoms with Gasteiger partial charge in [-0.1, -0.05) is 13.8 Å². The summed E-state index contributed by atoms with van der Waals surface area (Å²) < 4.78 is 0. The van der Waals surface area contributed by atoms with E-state index in [1.54, 1.807) is 0 Å². The summed E-state index contributed by atoms with van der Waals surface area (Å²) in [5, 5.41) is 26.1. The van der Waals surface area contributed by atoms with Crippen molar-refractivity contribution in [3.05, 3.63) is 0 Å². The second-order valence-corrected chi connectivity index (χ2v) is 9.75. The van der Waals surface area contributed by atoms with Crippen molar-refractivity contribution in [2.24, 2.45) is 28.1 Å². The summed E-state index contributed by atoms with van der Waals surface area (Å²) in [6, 6.07) is -5.27. The maximum Gasteiger partial charge on any atom is 0.326 e. The van der Waals surface area contributed by atoms with Crippen LogP contribution in [0.5, 0.6) is 0 Å². The van der Waals surface area contributed by atoms with Gasteiger partial charge in [0.05, 0.1) is 6.61 Å². The summed E-state index contributed by atoms with van der Waals surface area (Å²) >= 11 is 0. The molecule has 5 atom stereocenters. The monoisotopic (exact) mass is 542 g/mol. The fourth-order valence-electron chi connectivity index (χ4n) is 4.02.